The molecule has 0 aliphatic carbocycles. The number of aromatic nitrogens is 2. The topological polar surface area (TPSA) is 49.8 Å². The monoisotopic (exact) mass is 384 g/mol. The van der Waals surface area contributed by atoms with E-state index in [4.69, 9.17) is 0 Å². The normalized spacial score (nSPS) is 10.3. The summed E-state index contributed by atoms with van der Waals surface area (Å²) in [5.74, 6) is 1.50. The van der Waals surface area contributed by atoms with Crippen LogP contribution in [0.1, 0.15) is 12.5 Å². The maximum absolute atomic E-state index is 4.26. The van der Waals surface area contributed by atoms with Crippen molar-refractivity contribution in [2.75, 3.05) is 17.7 Å². The van der Waals surface area contributed by atoms with Crippen LogP contribution in [0.4, 0.5) is 17.3 Å². The van der Waals surface area contributed by atoms with Crippen LogP contribution in [-0.2, 0) is 6.42 Å². The zero-order valence-corrected chi connectivity index (χ0v) is 13.8. The van der Waals surface area contributed by atoms with Crippen molar-refractivity contribution >= 4 is 49.2 Å². The Kier molecular flexibility index (Phi) is 4.76. The molecule has 0 radical (unpaired) electrons. The molecule has 1 aromatic carbocycles. The molecular formula is C13H14Br2N4. The van der Waals surface area contributed by atoms with E-state index in [0.29, 0.717) is 0 Å². The van der Waals surface area contributed by atoms with E-state index in [0.717, 1.165) is 32.7 Å². The highest BCUT2D eigenvalue weighted by Crippen LogP contribution is 2.30. The minimum absolute atomic E-state index is 0.747. The minimum atomic E-state index is 0.747. The summed E-state index contributed by atoms with van der Waals surface area (Å²) in [6.07, 6.45) is 2.48. The quantitative estimate of drug-likeness (QED) is 0.821. The molecule has 0 bridgehead atoms. The molecule has 1 heterocycles. The van der Waals surface area contributed by atoms with E-state index >= 15 is 0 Å². The number of hydrogen-bond donors (Lipinski definition) is 2. The molecule has 6 heteroatoms. The van der Waals surface area contributed by atoms with Crippen LogP contribution in [0.15, 0.2) is 33.5 Å². The van der Waals surface area contributed by atoms with Gasteiger partial charge in [-0.05, 0) is 46.1 Å². The Hall–Kier alpha value is -1.14. The Morgan fingerprint density at radius 2 is 1.89 bits per heavy atom. The average Bonchev–Trinajstić information content (AvgIpc) is 2.42. The molecular weight excluding hydrogens is 372 g/mol. The first-order valence-corrected chi connectivity index (χ1v) is 7.48. The molecule has 100 valence electrons. The second kappa shape index (κ2) is 6.34. The molecule has 19 heavy (non-hydrogen) atoms. The first kappa shape index (κ1) is 14.3. The molecule has 0 aliphatic heterocycles. The average molecular weight is 386 g/mol. The highest BCUT2D eigenvalue weighted by molar-refractivity contribution is 9.11. The van der Waals surface area contributed by atoms with Gasteiger partial charge in [0, 0.05) is 17.2 Å². The number of aryl methyl sites for hydroxylation is 1. The van der Waals surface area contributed by atoms with Crippen LogP contribution in [0.5, 0.6) is 0 Å². The zero-order chi connectivity index (χ0) is 13.8. The maximum Gasteiger partial charge on any atom is 0.150 e. The lowest BCUT2D eigenvalue weighted by atomic mass is 10.1. The number of nitrogens with zero attached hydrogens (tertiary/aromatic N) is 2. The summed E-state index contributed by atoms with van der Waals surface area (Å²) in [6, 6.07) is 6.16. The van der Waals surface area contributed by atoms with Crippen molar-refractivity contribution in [1.82, 2.24) is 9.97 Å². The molecule has 0 unspecified atom stereocenters. The van der Waals surface area contributed by atoms with Crippen LogP contribution in [0.2, 0.25) is 0 Å². The molecule has 0 spiro atoms. The lowest BCUT2D eigenvalue weighted by molar-refractivity contribution is 1.12. The summed E-state index contributed by atoms with van der Waals surface area (Å²) in [5, 5.41) is 6.35. The van der Waals surface area contributed by atoms with Crippen LogP contribution in [-0.4, -0.2) is 17.0 Å². The molecule has 2 N–H and O–H groups in total. The van der Waals surface area contributed by atoms with Gasteiger partial charge in [-0.3, -0.25) is 0 Å². The predicted octanol–water partition coefficient (Wildman–Crippen LogP) is 4.35. The number of halogens is 2. The first-order valence-electron chi connectivity index (χ1n) is 5.89. The largest absolute Gasteiger partial charge is 0.372 e. The third-order valence-electron chi connectivity index (χ3n) is 2.73. The van der Waals surface area contributed by atoms with Crippen LogP contribution in [0, 0.1) is 0 Å². The summed E-state index contributed by atoms with van der Waals surface area (Å²) in [6.45, 7) is 2.13. The van der Waals surface area contributed by atoms with Crippen molar-refractivity contribution in [2.45, 2.75) is 13.3 Å². The number of hydrogen-bond acceptors (Lipinski definition) is 4. The second-order valence-corrected chi connectivity index (χ2v) is 5.62. The third-order valence-corrected chi connectivity index (χ3v) is 3.97. The van der Waals surface area contributed by atoms with E-state index in [1.165, 1.54) is 11.9 Å². The first-order chi connectivity index (χ1) is 9.15. The summed E-state index contributed by atoms with van der Waals surface area (Å²) in [4.78, 5) is 8.40. The van der Waals surface area contributed by atoms with Gasteiger partial charge in [0.1, 0.15) is 22.4 Å². The van der Waals surface area contributed by atoms with Gasteiger partial charge < -0.3 is 10.6 Å². The fourth-order valence-electron chi connectivity index (χ4n) is 1.74. The van der Waals surface area contributed by atoms with Crippen molar-refractivity contribution in [2.24, 2.45) is 0 Å². The molecule has 2 rings (SSSR count). The van der Waals surface area contributed by atoms with E-state index in [9.17, 15) is 0 Å². The van der Waals surface area contributed by atoms with Gasteiger partial charge in [0.05, 0.1) is 0 Å². The molecule has 0 saturated heterocycles. The smallest absolute Gasteiger partial charge is 0.150 e. The van der Waals surface area contributed by atoms with Gasteiger partial charge in [-0.25, -0.2) is 9.97 Å². The SMILES string of the molecule is CCc1cc(Br)ccc1Nc1ncnc(NC)c1Br. The van der Waals surface area contributed by atoms with Crippen molar-refractivity contribution in [3.8, 4) is 0 Å². The number of nitrogens with one attached hydrogen (secondary N) is 2. The Balaban J connectivity index is 2.36. The van der Waals surface area contributed by atoms with E-state index in [-0.39, 0.29) is 0 Å². The van der Waals surface area contributed by atoms with Gasteiger partial charge >= 0.3 is 0 Å². The van der Waals surface area contributed by atoms with Crippen molar-refractivity contribution < 1.29 is 0 Å². The highest BCUT2D eigenvalue weighted by Gasteiger charge is 2.09. The lowest BCUT2D eigenvalue weighted by Gasteiger charge is -2.13. The molecule has 0 aliphatic rings. The number of benzene rings is 1. The Morgan fingerprint density at radius 3 is 2.58 bits per heavy atom. The Labute approximate surface area is 129 Å². The fourth-order valence-corrected chi connectivity index (χ4v) is 2.65. The molecule has 0 saturated carbocycles. The predicted molar refractivity (Wildman–Crippen MR) is 86.1 cm³/mol. The molecule has 0 atom stereocenters. The lowest BCUT2D eigenvalue weighted by Crippen LogP contribution is -2.02. The number of rotatable bonds is 4. The molecule has 1 aromatic heterocycles. The third kappa shape index (κ3) is 3.25. The highest BCUT2D eigenvalue weighted by atomic mass is 79.9. The van der Waals surface area contributed by atoms with Crippen molar-refractivity contribution in [1.29, 1.82) is 0 Å². The summed E-state index contributed by atoms with van der Waals surface area (Å²) in [7, 11) is 1.83. The van der Waals surface area contributed by atoms with E-state index in [1.807, 2.05) is 19.2 Å². The fraction of sp³-hybridized carbons (Fsp3) is 0.231. The summed E-state index contributed by atoms with van der Waals surface area (Å²) < 4.78 is 1.90. The van der Waals surface area contributed by atoms with Gasteiger partial charge in [-0.2, -0.15) is 0 Å². The van der Waals surface area contributed by atoms with Gasteiger partial charge in [0.15, 0.2) is 0 Å². The second-order valence-electron chi connectivity index (χ2n) is 3.91. The van der Waals surface area contributed by atoms with Gasteiger partial charge in [0.25, 0.3) is 0 Å². The maximum atomic E-state index is 4.26. The van der Waals surface area contributed by atoms with E-state index < -0.39 is 0 Å². The standard InChI is InChI=1S/C13H14Br2N4/c1-3-8-6-9(14)4-5-10(8)19-13-11(15)12(16-2)17-7-18-13/h4-7H,3H2,1-2H3,(H2,16,17,18,19). The number of anilines is 3. The molecule has 0 fully saturated rings. The van der Waals surface area contributed by atoms with Crippen LogP contribution in [0.3, 0.4) is 0 Å². The van der Waals surface area contributed by atoms with Crippen LogP contribution >= 0.6 is 31.9 Å². The zero-order valence-electron chi connectivity index (χ0n) is 10.7. The van der Waals surface area contributed by atoms with Crippen LogP contribution < -0.4 is 10.6 Å². The Morgan fingerprint density at radius 1 is 1.16 bits per heavy atom. The Bertz CT molecular complexity index is 587. The minimum Gasteiger partial charge on any atom is -0.372 e. The molecule has 0 amide bonds. The summed E-state index contributed by atoms with van der Waals surface area (Å²) >= 11 is 6.99. The van der Waals surface area contributed by atoms with Crippen molar-refractivity contribution in [3.63, 3.8) is 0 Å². The van der Waals surface area contributed by atoms with E-state index in [1.54, 1.807) is 0 Å². The van der Waals surface area contributed by atoms with Gasteiger partial charge in [-0.1, -0.05) is 22.9 Å². The van der Waals surface area contributed by atoms with Gasteiger partial charge in [-0.15, -0.1) is 0 Å². The van der Waals surface area contributed by atoms with E-state index in [2.05, 4.69) is 65.5 Å². The van der Waals surface area contributed by atoms with Crippen LogP contribution in [0.25, 0.3) is 0 Å². The van der Waals surface area contributed by atoms with Crippen molar-refractivity contribution in [3.05, 3.63) is 39.0 Å². The summed E-state index contributed by atoms with van der Waals surface area (Å²) in [5.41, 5.74) is 2.28. The molecule has 4 nitrogen and oxygen atoms in total. The van der Waals surface area contributed by atoms with Gasteiger partial charge in [0.2, 0.25) is 0 Å². The molecule has 2 aromatic rings.